The second kappa shape index (κ2) is 4.98. The Labute approximate surface area is 121 Å². The molecule has 0 aliphatic rings. The molecule has 0 unspecified atom stereocenters. The van der Waals surface area contributed by atoms with Crippen LogP contribution in [-0.4, -0.2) is 10.1 Å². The van der Waals surface area contributed by atoms with Gasteiger partial charge in [0.2, 0.25) is 5.82 Å². The number of halogens is 1. The van der Waals surface area contributed by atoms with Crippen molar-refractivity contribution in [1.82, 2.24) is 10.1 Å². The second-order valence-corrected chi connectivity index (χ2v) is 4.86. The van der Waals surface area contributed by atoms with E-state index in [9.17, 15) is 0 Å². The Hall–Kier alpha value is -2.33. The van der Waals surface area contributed by atoms with E-state index in [4.69, 9.17) is 21.9 Å². The van der Waals surface area contributed by atoms with E-state index in [1.54, 1.807) is 12.1 Å². The van der Waals surface area contributed by atoms with Gasteiger partial charge in [-0.3, -0.25) is 0 Å². The van der Waals surface area contributed by atoms with Crippen molar-refractivity contribution in [3.8, 4) is 22.8 Å². The minimum atomic E-state index is 0.408. The van der Waals surface area contributed by atoms with Gasteiger partial charge < -0.3 is 10.3 Å². The summed E-state index contributed by atoms with van der Waals surface area (Å²) in [6.45, 7) is 1.93. The van der Waals surface area contributed by atoms with Crippen LogP contribution in [-0.2, 0) is 0 Å². The molecule has 20 heavy (non-hydrogen) atoms. The summed E-state index contributed by atoms with van der Waals surface area (Å²) in [6.07, 6.45) is 0. The van der Waals surface area contributed by atoms with Crippen LogP contribution in [0.2, 0.25) is 5.02 Å². The van der Waals surface area contributed by atoms with Gasteiger partial charge in [0.1, 0.15) is 0 Å². The van der Waals surface area contributed by atoms with Crippen LogP contribution in [0.15, 0.2) is 47.0 Å². The van der Waals surface area contributed by atoms with Gasteiger partial charge in [-0.2, -0.15) is 4.98 Å². The molecule has 0 spiro atoms. The molecule has 0 fully saturated rings. The molecule has 5 heteroatoms. The van der Waals surface area contributed by atoms with Gasteiger partial charge in [0, 0.05) is 11.3 Å². The minimum absolute atomic E-state index is 0.408. The van der Waals surface area contributed by atoms with Gasteiger partial charge in [-0.25, -0.2) is 0 Å². The summed E-state index contributed by atoms with van der Waals surface area (Å²) < 4.78 is 5.29. The normalized spacial score (nSPS) is 10.7. The lowest BCUT2D eigenvalue weighted by atomic mass is 10.1. The second-order valence-electron chi connectivity index (χ2n) is 4.48. The van der Waals surface area contributed by atoms with Crippen LogP contribution < -0.4 is 5.73 Å². The molecular formula is C15H12ClN3O. The van der Waals surface area contributed by atoms with Crippen molar-refractivity contribution in [3.05, 3.63) is 53.1 Å². The van der Waals surface area contributed by atoms with Crippen LogP contribution >= 0.6 is 11.6 Å². The molecule has 0 atom stereocenters. The molecule has 0 aliphatic carbocycles. The zero-order valence-corrected chi connectivity index (χ0v) is 11.6. The Kier molecular flexibility index (Phi) is 3.16. The van der Waals surface area contributed by atoms with Crippen molar-refractivity contribution in [2.24, 2.45) is 0 Å². The van der Waals surface area contributed by atoms with Gasteiger partial charge >= 0.3 is 0 Å². The van der Waals surface area contributed by atoms with Crippen LogP contribution in [0.25, 0.3) is 22.8 Å². The number of nitrogens with two attached hydrogens (primary N) is 1. The molecule has 3 rings (SSSR count). The van der Waals surface area contributed by atoms with Crippen LogP contribution in [0.1, 0.15) is 5.56 Å². The largest absolute Gasteiger partial charge is 0.399 e. The van der Waals surface area contributed by atoms with Gasteiger partial charge in [-0.15, -0.1) is 0 Å². The minimum Gasteiger partial charge on any atom is -0.399 e. The molecule has 4 nitrogen and oxygen atoms in total. The van der Waals surface area contributed by atoms with Crippen molar-refractivity contribution in [2.45, 2.75) is 6.92 Å². The van der Waals surface area contributed by atoms with Gasteiger partial charge in [-0.05, 0) is 42.8 Å². The molecule has 1 aromatic heterocycles. The zero-order chi connectivity index (χ0) is 14.1. The van der Waals surface area contributed by atoms with E-state index in [2.05, 4.69) is 10.1 Å². The molecule has 3 aromatic rings. The van der Waals surface area contributed by atoms with Crippen molar-refractivity contribution >= 4 is 17.3 Å². The first-order valence-electron chi connectivity index (χ1n) is 6.10. The summed E-state index contributed by atoms with van der Waals surface area (Å²) in [7, 11) is 0. The average molecular weight is 286 g/mol. The lowest BCUT2D eigenvalue weighted by Crippen LogP contribution is -1.86. The summed E-state index contributed by atoms with van der Waals surface area (Å²) in [6, 6.07) is 13.0. The van der Waals surface area contributed by atoms with E-state index >= 15 is 0 Å². The molecule has 0 radical (unpaired) electrons. The summed E-state index contributed by atoms with van der Waals surface area (Å²) in [5, 5.41) is 4.60. The topological polar surface area (TPSA) is 64.9 Å². The van der Waals surface area contributed by atoms with Crippen LogP contribution in [0, 0.1) is 6.92 Å². The van der Waals surface area contributed by atoms with Crippen molar-refractivity contribution in [1.29, 1.82) is 0 Å². The number of hydrogen-bond acceptors (Lipinski definition) is 4. The van der Waals surface area contributed by atoms with E-state index in [0.29, 0.717) is 22.4 Å². The Balaban J connectivity index is 2.02. The summed E-state index contributed by atoms with van der Waals surface area (Å²) in [5.41, 5.74) is 8.90. The van der Waals surface area contributed by atoms with Crippen LogP contribution in [0.5, 0.6) is 0 Å². The first kappa shape index (κ1) is 12.7. The summed E-state index contributed by atoms with van der Waals surface area (Å²) in [5.74, 6) is 0.920. The van der Waals surface area contributed by atoms with Crippen molar-refractivity contribution in [2.75, 3.05) is 5.73 Å². The highest BCUT2D eigenvalue weighted by Gasteiger charge is 2.14. The number of anilines is 1. The van der Waals surface area contributed by atoms with E-state index in [0.717, 1.165) is 16.7 Å². The molecular weight excluding hydrogens is 274 g/mol. The number of aryl methyl sites for hydroxylation is 1. The lowest BCUT2D eigenvalue weighted by Gasteiger charge is -2.01. The molecule has 1 heterocycles. The SMILES string of the molecule is Cc1cccc(-c2nc(-c3ccc(N)cc3)no2)c1Cl. The van der Waals surface area contributed by atoms with Crippen LogP contribution in [0.4, 0.5) is 5.69 Å². The lowest BCUT2D eigenvalue weighted by molar-refractivity contribution is 0.432. The Morgan fingerprint density at radius 2 is 1.85 bits per heavy atom. The zero-order valence-electron chi connectivity index (χ0n) is 10.8. The molecule has 0 bridgehead atoms. The summed E-state index contributed by atoms with van der Waals surface area (Å²) >= 11 is 6.26. The number of rotatable bonds is 2. The van der Waals surface area contributed by atoms with E-state index in [-0.39, 0.29) is 0 Å². The maximum atomic E-state index is 6.26. The standard InChI is InChI=1S/C15H12ClN3O/c1-9-3-2-4-12(13(9)16)15-18-14(19-20-15)10-5-7-11(17)8-6-10/h2-8H,17H2,1H3. The Morgan fingerprint density at radius 1 is 1.10 bits per heavy atom. The molecule has 0 amide bonds. The third kappa shape index (κ3) is 2.26. The maximum Gasteiger partial charge on any atom is 0.259 e. The molecule has 0 saturated heterocycles. The number of nitrogen functional groups attached to an aromatic ring is 1. The van der Waals surface area contributed by atoms with Crippen LogP contribution in [0.3, 0.4) is 0 Å². The Morgan fingerprint density at radius 3 is 2.60 bits per heavy atom. The number of nitrogens with zero attached hydrogens (tertiary/aromatic N) is 2. The highest BCUT2D eigenvalue weighted by molar-refractivity contribution is 6.33. The van der Waals surface area contributed by atoms with E-state index < -0.39 is 0 Å². The predicted octanol–water partition coefficient (Wildman–Crippen LogP) is 3.95. The molecule has 0 aliphatic heterocycles. The van der Waals surface area contributed by atoms with Gasteiger partial charge in [0.15, 0.2) is 0 Å². The highest BCUT2D eigenvalue weighted by Crippen LogP contribution is 2.30. The van der Waals surface area contributed by atoms with Crippen molar-refractivity contribution < 1.29 is 4.52 Å². The van der Waals surface area contributed by atoms with Gasteiger partial charge in [0.25, 0.3) is 5.89 Å². The quantitative estimate of drug-likeness (QED) is 0.724. The van der Waals surface area contributed by atoms with Crippen molar-refractivity contribution in [3.63, 3.8) is 0 Å². The number of hydrogen-bond donors (Lipinski definition) is 1. The van der Waals surface area contributed by atoms with E-state index in [1.165, 1.54) is 0 Å². The fourth-order valence-corrected chi connectivity index (χ4v) is 2.10. The monoisotopic (exact) mass is 285 g/mol. The van der Waals surface area contributed by atoms with Gasteiger partial charge in [0.05, 0.1) is 10.6 Å². The fraction of sp³-hybridized carbons (Fsp3) is 0.0667. The molecule has 2 aromatic carbocycles. The fourth-order valence-electron chi connectivity index (χ4n) is 1.89. The first-order valence-corrected chi connectivity index (χ1v) is 6.48. The highest BCUT2D eigenvalue weighted by atomic mass is 35.5. The molecule has 2 N–H and O–H groups in total. The molecule has 0 saturated carbocycles. The average Bonchev–Trinajstić information content (AvgIpc) is 2.92. The number of benzene rings is 2. The number of aromatic nitrogens is 2. The Bertz CT molecular complexity index is 750. The van der Waals surface area contributed by atoms with E-state index in [1.807, 2.05) is 37.3 Å². The molecule has 100 valence electrons. The third-order valence-corrected chi connectivity index (χ3v) is 3.52. The summed E-state index contributed by atoms with van der Waals surface area (Å²) in [4.78, 5) is 4.38. The van der Waals surface area contributed by atoms with Gasteiger partial charge in [-0.1, -0.05) is 28.9 Å². The smallest absolute Gasteiger partial charge is 0.259 e. The first-order chi connectivity index (χ1) is 9.65. The predicted molar refractivity (Wildman–Crippen MR) is 79.3 cm³/mol. The third-order valence-electron chi connectivity index (χ3n) is 3.02. The maximum absolute atomic E-state index is 6.26.